The molecule has 20 heavy (non-hydrogen) atoms. The molecule has 0 bridgehead atoms. The van der Waals surface area contributed by atoms with Crippen molar-refractivity contribution in [2.24, 2.45) is 11.8 Å². The van der Waals surface area contributed by atoms with E-state index in [9.17, 15) is 4.39 Å². The molecule has 108 valence electrons. The molecule has 1 aliphatic carbocycles. The van der Waals surface area contributed by atoms with Gasteiger partial charge in [-0.2, -0.15) is 0 Å². The van der Waals surface area contributed by atoms with Gasteiger partial charge in [-0.1, -0.05) is 0 Å². The average Bonchev–Trinajstić information content (AvgIpc) is 3.19. The molecule has 0 spiro atoms. The summed E-state index contributed by atoms with van der Waals surface area (Å²) in [6, 6.07) is 6.11. The lowest BCUT2D eigenvalue weighted by Gasteiger charge is -2.24. The third-order valence-electron chi connectivity index (χ3n) is 3.76. The molecule has 0 radical (unpaired) electrons. The maximum atomic E-state index is 13.2. The number of nitrogens with one attached hydrogen (secondary N) is 1. The van der Waals surface area contributed by atoms with Crippen molar-refractivity contribution in [3.63, 3.8) is 0 Å². The molecule has 1 heterocycles. The Bertz CT molecular complexity index is 595. The molecule has 0 saturated heterocycles. The summed E-state index contributed by atoms with van der Waals surface area (Å²) in [6.07, 6.45) is 2.30. The average molecular weight is 278 g/mol. The van der Waals surface area contributed by atoms with Crippen LogP contribution in [0, 0.1) is 11.7 Å². The van der Waals surface area contributed by atoms with Crippen LogP contribution in [0.3, 0.4) is 0 Å². The number of benzene rings is 1. The zero-order valence-corrected chi connectivity index (χ0v) is 11.4. The van der Waals surface area contributed by atoms with Crippen molar-refractivity contribution in [1.82, 2.24) is 5.43 Å². The van der Waals surface area contributed by atoms with Crippen molar-refractivity contribution in [1.29, 1.82) is 0 Å². The Hall–Kier alpha value is -1.43. The molecule has 3 rings (SSSR count). The Morgan fingerprint density at radius 3 is 2.90 bits per heavy atom. The molecular formula is C15H19FN2O2. The molecular weight excluding hydrogens is 259 g/mol. The molecule has 1 aromatic carbocycles. The lowest BCUT2D eigenvalue weighted by Crippen LogP contribution is -2.39. The van der Waals surface area contributed by atoms with E-state index in [4.69, 9.17) is 15.0 Å². The fourth-order valence-electron chi connectivity index (χ4n) is 2.65. The smallest absolute Gasteiger partial charge is 0.134 e. The minimum atomic E-state index is -0.273. The van der Waals surface area contributed by atoms with Crippen LogP contribution in [0.25, 0.3) is 11.0 Å². The topological polar surface area (TPSA) is 60.4 Å². The van der Waals surface area contributed by atoms with Crippen molar-refractivity contribution >= 4 is 11.0 Å². The first-order valence-corrected chi connectivity index (χ1v) is 6.99. The number of furan rings is 1. The molecule has 1 fully saturated rings. The number of hydrogen-bond acceptors (Lipinski definition) is 4. The number of hydrogen-bond donors (Lipinski definition) is 2. The predicted molar refractivity (Wildman–Crippen MR) is 74.4 cm³/mol. The van der Waals surface area contributed by atoms with Crippen LogP contribution in [0.2, 0.25) is 0 Å². The van der Waals surface area contributed by atoms with Gasteiger partial charge in [0, 0.05) is 12.0 Å². The molecule has 0 amide bonds. The van der Waals surface area contributed by atoms with Gasteiger partial charge in [0.1, 0.15) is 23.2 Å². The van der Waals surface area contributed by atoms with Crippen LogP contribution < -0.4 is 11.3 Å². The third kappa shape index (κ3) is 2.57. The monoisotopic (exact) mass is 278 g/mol. The van der Waals surface area contributed by atoms with Gasteiger partial charge < -0.3 is 9.15 Å². The zero-order valence-electron chi connectivity index (χ0n) is 11.4. The van der Waals surface area contributed by atoms with Crippen LogP contribution in [-0.2, 0) is 4.74 Å². The lowest BCUT2D eigenvalue weighted by atomic mass is 10.0. The highest BCUT2D eigenvalue weighted by Gasteiger charge is 2.39. The molecule has 2 aromatic rings. The zero-order chi connectivity index (χ0) is 14.1. The SMILES string of the molecule is CCOC(C1CC1)C(NN)c1cc2cc(F)ccc2o1. The van der Waals surface area contributed by atoms with Gasteiger partial charge in [-0.25, -0.2) is 9.82 Å². The highest BCUT2D eigenvalue weighted by Crippen LogP contribution is 2.40. The second kappa shape index (κ2) is 5.52. The normalized spacial score (nSPS) is 18.4. The minimum absolute atomic E-state index is 0.00425. The highest BCUT2D eigenvalue weighted by atomic mass is 19.1. The Morgan fingerprint density at radius 1 is 1.45 bits per heavy atom. The molecule has 4 nitrogen and oxygen atoms in total. The summed E-state index contributed by atoms with van der Waals surface area (Å²) in [6.45, 7) is 2.60. The third-order valence-corrected chi connectivity index (χ3v) is 3.76. The molecule has 2 atom stereocenters. The van der Waals surface area contributed by atoms with E-state index < -0.39 is 0 Å². The summed E-state index contributed by atoms with van der Waals surface area (Å²) >= 11 is 0. The summed E-state index contributed by atoms with van der Waals surface area (Å²) in [7, 11) is 0. The van der Waals surface area contributed by atoms with Gasteiger partial charge in [0.05, 0.1) is 6.10 Å². The maximum absolute atomic E-state index is 13.2. The number of nitrogens with two attached hydrogens (primary N) is 1. The van der Waals surface area contributed by atoms with Crippen LogP contribution in [0.5, 0.6) is 0 Å². The van der Waals surface area contributed by atoms with E-state index >= 15 is 0 Å². The number of hydrazine groups is 1. The van der Waals surface area contributed by atoms with Crippen LogP contribution >= 0.6 is 0 Å². The van der Waals surface area contributed by atoms with E-state index in [1.807, 2.05) is 13.0 Å². The molecule has 1 aliphatic rings. The van der Waals surface area contributed by atoms with Crippen molar-refractivity contribution in [2.45, 2.75) is 31.9 Å². The summed E-state index contributed by atoms with van der Waals surface area (Å²) in [4.78, 5) is 0. The van der Waals surface area contributed by atoms with Gasteiger partial charge >= 0.3 is 0 Å². The van der Waals surface area contributed by atoms with Crippen LogP contribution in [-0.4, -0.2) is 12.7 Å². The molecule has 3 N–H and O–H groups in total. The van der Waals surface area contributed by atoms with Gasteiger partial charge in [0.15, 0.2) is 0 Å². The molecule has 1 aromatic heterocycles. The minimum Gasteiger partial charge on any atom is -0.459 e. The van der Waals surface area contributed by atoms with Crippen LogP contribution in [0.15, 0.2) is 28.7 Å². The number of halogens is 1. The van der Waals surface area contributed by atoms with Gasteiger partial charge in [0.25, 0.3) is 0 Å². The van der Waals surface area contributed by atoms with Crippen molar-refractivity contribution in [2.75, 3.05) is 6.61 Å². The van der Waals surface area contributed by atoms with E-state index in [1.165, 1.54) is 12.1 Å². The lowest BCUT2D eigenvalue weighted by molar-refractivity contribution is 0.0135. The van der Waals surface area contributed by atoms with E-state index in [0.29, 0.717) is 23.9 Å². The number of ether oxygens (including phenoxy) is 1. The Labute approximate surface area is 117 Å². The van der Waals surface area contributed by atoms with Gasteiger partial charge in [-0.05, 0) is 49.9 Å². The standard InChI is InChI=1S/C15H19FN2O2/c1-2-19-15(9-3-4-9)14(18-17)13-8-10-7-11(16)5-6-12(10)20-13/h5-9,14-15,18H,2-4,17H2,1H3. The summed E-state index contributed by atoms with van der Waals surface area (Å²) in [5.74, 6) is 6.62. The van der Waals surface area contributed by atoms with Gasteiger partial charge in [-0.15, -0.1) is 0 Å². The summed E-state index contributed by atoms with van der Waals surface area (Å²) < 4.78 is 24.8. The Morgan fingerprint density at radius 2 is 2.25 bits per heavy atom. The van der Waals surface area contributed by atoms with Crippen LogP contribution in [0.1, 0.15) is 31.6 Å². The van der Waals surface area contributed by atoms with E-state index in [1.54, 1.807) is 6.07 Å². The number of rotatable bonds is 6. The molecule has 0 aliphatic heterocycles. The van der Waals surface area contributed by atoms with Crippen molar-refractivity contribution in [3.8, 4) is 0 Å². The van der Waals surface area contributed by atoms with E-state index in [0.717, 1.165) is 18.2 Å². The first kappa shape index (κ1) is 13.5. The van der Waals surface area contributed by atoms with E-state index in [-0.39, 0.29) is 18.0 Å². The van der Waals surface area contributed by atoms with Crippen molar-refractivity contribution < 1.29 is 13.5 Å². The summed E-state index contributed by atoms with van der Waals surface area (Å²) in [5, 5.41) is 0.742. The summed E-state index contributed by atoms with van der Waals surface area (Å²) in [5.41, 5.74) is 3.45. The Balaban J connectivity index is 1.93. The Kier molecular flexibility index (Phi) is 3.74. The molecule has 1 saturated carbocycles. The maximum Gasteiger partial charge on any atom is 0.134 e. The first-order valence-electron chi connectivity index (χ1n) is 6.99. The quantitative estimate of drug-likeness (QED) is 0.630. The fraction of sp³-hybridized carbons (Fsp3) is 0.467. The highest BCUT2D eigenvalue weighted by molar-refractivity contribution is 5.78. The van der Waals surface area contributed by atoms with Gasteiger partial charge in [0.2, 0.25) is 0 Å². The van der Waals surface area contributed by atoms with Crippen molar-refractivity contribution in [3.05, 3.63) is 35.8 Å². The second-order valence-corrected chi connectivity index (χ2v) is 5.23. The van der Waals surface area contributed by atoms with Gasteiger partial charge in [-0.3, -0.25) is 5.84 Å². The molecule has 5 heteroatoms. The second-order valence-electron chi connectivity index (χ2n) is 5.23. The fourth-order valence-corrected chi connectivity index (χ4v) is 2.65. The largest absolute Gasteiger partial charge is 0.459 e. The number of fused-ring (bicyclic) bond motifs is 1. The predicted octanol–water partition coefficient (Wildman–Crippen LogP) is 2.89. The van der Waals surface area contributed by atoms with Crippen LogP contribution in [0.4, 0.5) is 4.39 Å². The van der Waals surface area contributed by atoms with E-state index in [2.05, 4.69) is 5.43 Å². The first-order chi connectivity index (χ1) is 9.72. The molecule has 2 unspecified atom stereocenters.